The lowest BCUT2D eigenvalue weighted by molar-refractivity contribution is 0.102. The van der Waals surface area contributed by atoms with Crippen molar-refractivity contribution in [2.75, 3.05) is 16.7 Å². The summed E-state index contributed by atoms with van der Waals surface area (Å²) in [6, 6.07) is 22.6. The van der Waals surface area contributed by atoms with Gasteiger partial charge in [-0.3, -0.25) is 9.10 Å². The van der Waals surface area contributed by atoms with Crippen LogP contribution in [0.1, 0.15) is 42.1 Å². The zero-order valence-corrected chi connectivity index (χ0v) is 18.2. The highest BCUT2D eigenvalue weighted by atomic mass is 32.2. The average Bonchev–Trinajstić information content (AvgIpc) is 2.79. The Balaban J connectivity index is 1.88. The Hall–Kier alpha value is -3.12. The van der Waals surface area contributed by atoms with E-state index in [0.29, 0.717) is 11.6 Å². The van der Waals surface area contributed by atoms with Crippen LogP contribution >= 0.6 is 0 Å². The normalized spacial score (nSPS) is 12.2. The van der Waals surface area contributed by atoms with Crippen molar-refractivity contribution >= 4 is 27.3 Å². The molecule has 0 saturated carbocycles. The van der Waals surface area contributed by atoms with E-state index in [9.17, 15) is 13.2 Å². The Morgan fingerprint density at radius 2 is 1.63 bits per heavy atom. The number of carbonyl (C=O) groups is 1. The number of carbonyl (C=O) groups excluding carboxylic acids is 1. The number of nitrogens with zero attached hydrogens (tertiary/aromatic N) is 1. The van der Waals surface area contributed by atoms with Gasteiger partial charge >= 0.3 is 0 Å². The molecule has 0 radical (unpaired) electrons. The molecule has 0 aromatic heterocycles. The lowest BCUT2D eigenvalue weighted by Gasteiger charge is -2.20. The van der Waals surface area contributed by atoms with Crippen LogP contribution in [0.25, 0.3) is 0 Å². The highest BCUT2D eigenvalue weighted by molar-refractivity contribution is 7.92. The molecule has 6 heteroatoms. The molecule has 0 heterocycles. The maximum atomic E-state index is 13.0. The van der Waals surface area contributed by atoms with E-state index in [2.05, 4.69) is 19.2 Å². The fraction of sp³-hybridized carbons (Fsp3) is 0.208. The predicted octanol–water partition coefficient (Wildman–Crippen LogP) is 5.28. The third-order valence-electron chi connectivity index (χ3n) is 5.23. The van der Waals surface area contributed by atoms with Gasteiger partial charge in [0, 0.05) is 18.3 Å². The van der Waals surface area contributed by atoms with E-state index in [4.69, 9.17) is 0 Å². The van der Waals surface area contributed by atoms with Gasteiger partial charge in [0.15, 0.2) is 0 Å². The van der Waals surface area contributed by atoms with Crippen LogP contribution in [-0.4, -0.2) is 21.4 Å². The summed E-state index contributed by atoms with van der Waals surface area (Å²) in [7, 11) is -2.29. The first-order valence-corrected chi connectivity index (χ1v) is 11.3. The molecule has 0 fully saturated rings. The van der Waals surface area contributed by atoms with Gasteiger partial charge in [0.05, 0.1) is 10.6 Å². The molecule has 0 spiro atoms. The molecule has 3 aromatic carbocycles. The highest BCUT2D eigenvalue weighted by Gasteiger charge is 2.22. The van der Waals surface area contributed by atoms with Crippen LogP contribution in [0.4, 0.5) is 11.4 Å². The van der Waals surface area contributed by atoms with E-state index in [1.165, 1.54) is 23.5 Å². The first-order chi connectivity index (χ1) is 14.3. The van der Waals surface area contributed by atoms with Gasteiger partial charge in [0.2, 0.25) is 0 Å². The van der Waals surface area contributed by atoms with Gasteiger partial charge in [-0.25, -0.2) is 8.42 Å². The van der Waals surface area contributed by atoms with Crippen LogP contribution < -0.4 is 9.62 Å². The number of benzene rings is 3. The summed E-state index contributed by atoms with van der Waals surface area (Å²) in [6.45, 7) is 4.21. The number of amides is 1. The van der Waals surface area contributed by atoms with E-state index in [1.54, 1.807) is 36.4 Å². The summed E-state index contributed by atoms with van der Waals surface area (Å²) in [4.78, 5) is 12.9. The Morgan fingerprint density at radius 1 is 0.967 bits per heavy atom. The first kappa shape index (κ1) is 21.6. The minimum atomic E-state index is -3.79. The van der Waals surface area contributed by atoms with Crippen molar-refractivity contribution in [1.82, 2.24) is 0 Å². The van der Waals surface area contributed by atoms with Crippen molar-refractivity contribution in [3.63, 3.8) is 0 Å². The SMILES string of the molecule is CCC(C)c1ccccc1NC(=O)c1cccc(S(=O)(=O)N(C)c2ccccc2)c1. The van der Waals surface area contributed by atoms with E-state index < -0.39 is 10.0 Å². The van der Waals surface area contributed by atoms with Gasteiger partial charge in [-0.05, 0) is 54.3 Å². The molecule has 0 aliphatic carbocycles. The van der Waals surface area contributed by atoms with Crippen LogP contribution in [0.5, 0.6) is 0 Å². The van der Waals surface area contributed by atoms with Crippen LogP contribution in [-0.2, 0) is 10.0 Å². The Morgan fingerprint density at radius 3 is 2.33 bits per heavy atom. The summed E-state index contributed by atoms with van der Waals surface area (Å²) in [6.07, 6.45) is 0.951. The molecule has 5 nitrogen and oxygen atoms in total. The van der Waals surface area contributed by atoms with Gasteiger partial charge in [0.25, 0.3) is 15.9 Å². The molecule has 0 aliphatic rings. The molecule has 30 heavy (non-hydrogen) atoms. The number of hydrogen-bond donors (Lipinski definition) is 1. The maximum absolute atomic E-state index is 13.0. The molecule has 156 valence electrons. The second-order valence-electron chi connectivity index (χ2n) is 7.19. The van der Waals surface area contributed by atoms with E-state index in [1.807, 2.05) is 30.3 Å². The maximum Gasteiger partial charge on any atom is 0.264 e. The summed E-state index contributed by atoms with van der Waals surface area (Å²) in [5, 5.41) is 2.93. The number of para-hydroxylation sites is 2. The lowest BCUT2D eigenvalue weighted by Crippen LogP contribution is -2.26. The molecular weight excluding hydrogens is 396 g/mol. The smallest absolute Gasteiger partial charge is 0.264 e. The Labute approximate surface area is 178 Å². The fourth-order valence-corrected chi connectivity index (χ4v) is 4.43. The standard InChI is InChI=1S/C24H26N2O3S/c1-4-18(2)22-15-8-9-16-23(22)25-24(27)19-11-10-14-21(17-19)30(28,29)26(3)20-12-6-5-7-13-20/h5-18H,4H2,1-3H3,(H,25,27). The van der Waals surface area contributed by atoms with E-state index >= 15 is 0 Å². The third-order valence-corrected chi connectivity index (χ3v) is 7.01. The van der Waals surface area contributed by atoms with Crippen LogP contribution in [0.2, 0.25) is 0 Å². The quantitative estimate of drug-likeness (QED) is 0.563. The number of rotatable bonds is 7. The minimum absolute atomic E-state index is 0.0664. The van der Waals surface area contributed by atoms with Crippen molar-refractivity contribution in [3.8, 4) is 0 Å². The second kappa shape index (κ2) is 9.13. The number of hydrogen-bond acceptors (Lipinski definition) is 3. The van der Waals surface area contributed by atoms with Crippen molar-refractivity contribution in [2.45, 2.75) is 31.1 Å². The highest BCUT2D eigenvalue weighted by Crippen LogP contribution is 2.27. The topological polar surface area (TPSA) is 66.5 Å². The summed E-state index contributed by atoms with van der Waals surface area (Å²) in [5.74, 6) is -0.0436. The number of anilines is 2. The lowest BCUT2D eigenvalue weighted by atomic mass is 9.97. The second-order valence-corrected chi connectivity index (χ2v) is 9.16. The van der Waals surface area contributed by atoms with Crippen molar-refractivity contribution in [1.29, 1.82) is 0 Å². The molecular formula is C24H26N2O3S. The molecule has 1 atom stereocenters. The van der Waals surface area contributed by atoms with Crippen LogP contribution in [0.3, 0.4) is 0 Å². The molecule has 0 saturated heterocycles. The summed E-state index contributed by atoms with van der Waals surface area (Å²) >= 11 is 0. The largest absolute Gasteiger partial charge is 0.322 e. The zero-order valence-electron chi connectivity index (χ0n) is 17.4. The van der Waals surface area contributed by atoms with Crippen LogP contribution in [0, 0.1) is 0 Å². The third kappa shape index (κ3) is 4.54. The van der Waals surface area contributed by atoms with Gasteiger partial charge in [-0.15, -0.1) is 0 Å². The van der Waals surface area contributed by atoms with Crippen molar-refractivity contribution in [3.05, 3.63) is 90.0 Å². The van der Waals surface area contributed by atoms with Gasteiger partial charge in [-0.2, -0.15) is 0 Å². The summed E-state index contributed by atoms with van der Waals surface area (Å²) in [5.41, 5.74) is 2.64. The number of sulfonamides is 1. The van der Waals surface area contributed by atoms with Gasteiger partial charge in [-0.1, -0.05) is 56.3 Å². The minimum Gasteiger partial charge on any atom is -0.322 e. The average molecular weight is 423 g/mol. The monoisotopic (exact) mass is 422 g/mol. The van der Waals surface area contributed by atoms with Crippen molar-refractivity contribution < 1.29 is 13.2 Å². The Kier molecular flexibility index (Phi) is 6.57. The van der Waals surface area contributed by atoms with Gasteiger partial charge in [0.1, 0.15) is 0 Å². The number of nitrogens with one attached hydrogen (secondary N) is 1. The predicted molar refractivity (Wildman–Crippen MR) is 122 cm³/mol. The molecule has 1 N–H and O–H groups in total. The van der Waals surface area contributed by atoms with E-state index in [-0.39, 0.29) is 16.4 Å². The first-order valence-electron chi connectivity index (χ1n) is 9.89. The van der Waals surface area contributed by atoms with E-state index in [0.717, 1.165) is 17.7 Å². The molecule has 3 rings (SSSR count). The van der Waals surface area contributed by atoms with Crippen molar-refractivity contribution in [2.24, 2.45) is 0 Å². The Bertz CT molecular complexity index is 1130. The molecule has 0 aliphatic heterocycles. The van der Waals surface area contributed by atoms with Gasteiger partial charge < -0.3 is 5.32 Å². The zero-order chi connectivity index (χ0) is 21.7. The van der Waals surface area contributed by atoms with Crippen LogP contribution in [0.15, 0.2) is 83.8 Å². The molecule has 1 unspecified atom stereocenters. The molecule has 0 bridgehead atoms. The molecule has 1 amide bonds. The molecule has 3 aromatic rings. The fourth-order valence-electron chi connectivity index (χ4n) is 3.19. The summed E-state index contributed by atoms with van der Waals surface area (Å²) < 4.78 is 27.3.